The molecule has 0 radical (unpaired) electrons. The number of hydrogen-bond donors (Lipinski definition) is 0. The van der Waals surface area contributed by atoms with Gasteiger partial charge in [-0.2, -0.15) is 0 Å². The molecule has 180 valence electrons. The molecular formula is C25H31N5O2S2. The van der Waals surface area contributed by atoms with E-state index in [9.17, 15) is 4.79 Å². The Morgan fingerprint density at radius 1 is 1.18 bits per heavy atom. The van der Waals surface area contributed by atoms with Gasteiger partial charge in [-0.3, -0.25) is 14.3 Å². The number of nitrogens with zero attached hydrogens (tertiary/aromatic N) is 5. The second-order valence-electron chi connectivity index (χ2n) is 8.96. The molecule has 7 nitrogen and oxygen atoms in total. The van der Waals surface area contributed by atoms with Crippen LogP contribution in [0.5, 0.6) is 0 Å². The van der Waals surface area contributed by atoms with Crippen molar-refractivity contribution in [2.45, 2.75) is 44.1 Å². The van der Waals surface area contributed by atoms with Crippen LogP contribution in [0.25, 0.3) is 10.7 Å². The minimum atomic E-state index is 0.171. The van der Waals surface area contributed by atoms with Crippen molar-refractivity contribution >= 4 is 29.0 Å². The fourth-order valence-electron chi connectivity index (χ4n) is 4.58. The number of carbonyl (C=O) groups excluding carboxylic acids is 1. The van der Waals surface area contributed by atoms with E-state index in [1.54, 1.807) is 11.3 Å². The first-order valence-corrected chi connectivity index (χ1v) is 13.8. The van der Waals surface area contributed by atoms with E-state index in [1.807, 2.05) is 11.0 Å². The van der Waals surface area contributed by atoms with E-state index < -0.39 is 0 Å². The van der Waals surface area contributed by atoms with Crippen molar-refractivity contribution in [1.29, 1.82) is 0 Å². The Morgan fingerprint density at radius 2 is 2.06 bits per heavy atom. The minimum absolute atomic E-state index is 0.171. The number of carbonyl (C=O) groups is 1. The van der Waals surface area contributed by atoms with Gasteiger partial charge < -0.3 is 9.64 Å². The first kappa shape index (κ1) is 23.5. The van der Waals surface area contributed by atoms with E-state index >= 15 is 0 Å². The lowest BCUT2D eigenvalue weighted by atomic mass is 10.1. The van der Waals surface area contributed by atoms with E-state index in [-0.39, 0.29) is 12.0 Å². The molecule has 3 aromatic rings. The second kappa shape index (κ2) is 11.0. The second-order valence-corrected chi connectivity index (χ2v) is 10.9. The van der Waals surface area contributed by atoms with E-state index in [4.69, 9.17) is 4.74 Å². The highest BCUT2D eigenvalue weighted by molar-refractivity contribution is 7.99. The zero-order chi connectivity index (χ0) is 23.3. The van der Waals surface area contributed by atoms with Crippen molar-refractivity contribution in [3.05, 3.63) is 52.9 Å². The third-order valence-corrected chi connectivity index (χ3v) is 8.22. The number of benzene rings is 1. The van der Waals surface area contributed by atoms with Crippen molar-refractivity contribution in [3.8, 4) is 10.7 Å². The summed E-state index contributed by atoms with van der Waals surface area (Å²) in [6, 6.07) is 12.8. The molecule has 2 fully saturated rings. The molecule has 0 N–H and O–H groups in total. The third-order valence-electron chi connectivity index (χ3n) is 6.41. The average Bonchev–Trinajstić information content (AvgIpc) is 3.61. The van der Waals surface area contributed by atoms with Gasteiger partial charge in [0, 0.05) is 39.3 Å². The molecule has 1 amide bonds. The van der Waals surface area contributed by atoms with Gasteiger partial charge in [-0.25, -0.2) is 0 Å². The lowest BCUT2D eigenvalue weighted by Crippen LogP contribution is -2.48. The zero-order valence-corrected chi connectivity index (χ0v) is 21.2. The molecule has 0 saturated carbocycles. The fourth-order valence-corrected chi connectivity index (χ4v) is 6.15. The summed E-state index contributed by atoms with van der Waals surface area (Å²) in [6.07, 6.45) is 2.34. The molecule has 5 rings (SSSR count). The number of thiophene rings is 1. The van der Waals surface area contributed by atoms with Crippen molar-refractivity contribution < 1.29 is 9.53 Å². The standard InChI is InChI=1S/C25H31N5O2S2/c1-19-5-2-6-20(15-19)16-28-9-11-29(12-10-28)23(31)18-34-25-27-26-24(22-8-4-14-33-22)30(25)17-21-7-3-13-32-21/h2,4-6,8,14-15,21H,3,7,9-13,16-18H2,1H3. The van der Waals surface area contributed by atoms with Crippen LogP contribution in [0.1, 0.15) is 24.0 Å². The molecule has 1 aromatic carbocycles. The number of rotatable bonds is 8. The van der Waals surface area contributed by atoms with Crippen LogP contribution in [0.15, 0.2) is 46.9 Å². The van der Waals surface area contributed by atoms with Crippen molar-refractivity contribution in [1.82, 2.24) is 24.6 Å². The van der Waals surface area contributed by atoms with Gasteiger partial charge in [0.25, 0.3) is 0 Å². The Bertz CT molecular complexity index is 1090. The molecule has 2 aliphatic rings. The first-order valence-electron chi connectivity index (χ1n) is 11.9. The summed E-state index contributed by atoms with van der Waals surface area (Å²) >= 11 is 3.15. The monoisotopic (exact) mass is 497 g/mol. The van der Waals surface area contributed by atoms with Crippen LogP contribution in [-0.2, 0) is 22.6 Å². The molecule has 2 saturated heterocycles. The maximum absolute atomic E-state index is 13.0. The molecule has 0 spiro atoms. The molecule has 2 aliphatic heterocycles. The van der Waals surface area contributed by atoms with Gasteiger partial charge >= 0.3 is 0 Å². The highest BCUT2D eigenvalue weighted by Crippen LogP contribution is 2.29. The van der Waals surface area contributed by atoms with Gasteiger partial charge in [-0.05, 0) is 36.8 Å². The van der Waals surface area contributed by atoms with Crippen molar-refractivity contribution in [3.63, 3.8) is 0 Å². The number of hydrogen-bond acceptors (Lipinski definition) is 7. The number of ether oxygens (including phenoxy) is 1. The van der Waals surface area contributed by atoms with Crippen LogP contribution in [-0.4, -0.2) is 75.1 Å². The Morgan fingerprint density at radius 3 is 2.79 bits per heavy atom. The summed E-state index contributed by atoms with van der Waals surface area (Å²) in [5.41, 5.74) is 2.63. The van der Waals surface area contributed by atoms with Gasteiger partial charge in [0.15, 0.2) is 11.0 Å². The van der Waals surface area contributed by atoms with Crippen LogP contribution in [0.2, 0.25) is 0 Å². The lowest BCUT2D eigenvalue weighted by Gasteiger charge is -2.34. The van der Waals surface area contributed by atoms with E-state index in [0.29, 0.717) is 5.75 Å². The summed E-state index contributed by atoms with van der Waals surface area (Å²) in [4.78, 5) is 18.5. The largest absolute Gasteiger partial charge is 0.376 e. The summed E-state index contributed by atoms with van der Waals surface area (Å²) in [6.45, 7) is 7.97. The minimum Gasteiger partial charge on any atom is -0.376 e. The average molecular weight is 498 g/mol. The van der Waals surface area contributed by atoms with Crippen LogP contribution in [0.4, 0.5) is 0 Å². The van der Waals surface area contributed by atoms with Gasteiger partial charge in [0.1, 0.15) is 0 Å². The Kier molecular flexibility index (Phi) is 7.63. The Balaban J connectivity index is 1.17. The Labute approximate surface area is 209 Å². The zero-order valence-electron chi connectivity index (χ0n) is 19.6. The van der Waals surface area contributed by atoms with E-state index in [2.05, 4.69) is 62.3 Å². The van der Waals surface area contributed by atoms with Crippen molar-refractivity contribution in [2.75, 3.05) is 38.5 Å². The number of amides is 1. The predicted molar refractivity (Wildman–Crippen MR) is 136 cm³/mol. The number of thioether (sulfide) groups is 1. The predicted octanol–water partition coefficient (Wildman–Crippen LogP) is 3.93. The van der Waals surface area contributed by atoms with Crippen LogP contribution in [0.3, 0.4) is 0 Å². The normalized spacial score (nSPS) is 19.1. The third kappa shape index (κ3) is 5.71. The summed E-state index contributed by atoms with van der Waals surface area (Å²) in [5, 5.41) is 11.8. The van der Waals surface area contributed by atoms with Gasteiger partial charge in [0.05, 0.1) is 23.3 Å². The van der Waals surface area contributed by atoms with Crippen LogP contribution < -0.4 is 0 Å². The van der Waals surface area contributed by atoms with E-state index in [1.165, 1.54) is 22.9 Å². The molecule has 4 heterocycles. The van der Waals surface area contributed by atoms with Crippen LogP contribution in [0, 0.1) is 6.92 Å². The number of piperazine rings is 1. The fraction of sp³-hybridized carbons (Fsp3) is 0.480. The summed E-state index contributed by atoms with van der Waals surface area (Å²) < 4.78 is 8.01. The molecule has 9 heteroatoms. The molecular weight excluding hydrogens is 466 g/mol. The molecule has 1 atom stereocenters. The molecule has 34 heavy (non-hydrogen) atoms. The van der Waals surface area contributed by atoms with Gasteiger partial charge in [0.2, 0.25) is 5.91 Å². The molecule has 1 unspecified atom stereocenters. The highest BCUT2D eigenvalue weighted by Gasteiger charge is 2.25. The quantitative estimate of drug-likeness (QED) is 0.440. The lowest BCUT2D eigenvalue weighted by molar-refractivity contribution is -0.130. The maximum atomic E-state index is 13.0. The van der Waals surface area contributed by atoms with Crippen molar-refractivity contribution in [2.24, 2.45) is 0 Å². The van der Waals surface area contributed by atoms with Gasteiger partial charge in [-0.1, -0.05) is 47.7 Å². The maximum Gasteiger partial charge on any atom is 0.233 e. The SMILES string of the molecule is Cc1cccc(CN2CCN(C(=O)CSc3nnc(-c4cccs4)n3CC3CCCO3)CC2)c1. The van der Waals surface area contributed by atoms with Crippen LogP contribution >= 0.6 is 23.1 Å². The summed E-state index contributed by atoms with van der Waals surface area (Å²) in [5.74, 6) is 1.42. The number of aromatic nitrogens is 3. The molecule has 0 bridgehead atoms. The Hall–Kier alpha value is -2.20. The molecule has 2 aromatic heterocycles. The summed E-state index contributed by atoms with van der Waals surface area (Å²) in [7, 11) is 0. The highest BCUT2D eigenvalue weighted by atomic mass is 32.2. The van der Waals surface area contributed by atoms with E-state index in [0.717, 1.165) is 74.6 Å². The topological polar surface area (TPSA) is 63.5 Å². The smallest absolute Gasteiger partial charge is 0.233 e. The van der Waals surface area contributed by atoms with Gasteiger partial charge in [-0.15, -0.1) is 21.5 Å². The first-order chi connectivity index (χ1) is 16.7. The number of aryl methyl sites for hydroxylation is 1. The molecule has 0 aliphatic carbocycles.